The van der Waals surface area contributed by atoms with Gasteiger partial charge >= 0.3 is 0 Å². The van der Waals surface area contributed by atoms with E-state index in [1.807, 2.05) is 6.92 Å². The van der Waals surface area contributed by atoms with Gasteiger partial charge in [0.2, 0.25) is 36.0 Å². The third kappa shape index (κ3) is 13.1. The van der Waals surface area contributed by atoms with E-state index in [0.717, 1.165) is 16.9 Å². The van der Waals surface area contributed by atoms with Crippen molar-refractivity contribution < 1.29 is 47.1 Å². The Bertz CT molecular complexity index is 1510. The summed E-state index contributed by atoms with van der Waals surface area (Å²) in [7, 11) is 0. The van der Waals surface area contributed by atoms with Crippen molar-refractivity contribution in [1.29, 1.82) is 0 Å². The summed E-state index contributed by atoms with van der Waals surface area (Å²) in [6.45, 7) is 12.6. The number of pyridine rings is 1. The topological polar surface area (TPSA) is 182 Å². The van der Waals surface area contributed by atoms with E-state index in [-0.39, 0.29) is 48.3 Å². The van der Waals surface area contributed by atoms with Gasteiger partial charge in [-0.25, -0.2) is 13.2 Å². The summed E-state index contributed by atoms with van der Waals surface area (Å²) in [6.07, 6.45) is 3.52. The van der Waals surface area contributed by atoms with E-state index in [2.05, 4.69) is 31.9 Å². The number of hydrogen-bond donors (Lipinski definition) is 7. The van der Waals surface area contributed by atoms with E-state index >= 15 is 0 Å². The highest BCUT2D eigenvalue weighted by atomic mass is 19.2. The molecule has 0 aliphatic rings. The maximum atomic E-state index is 14.1. The largest absolute Gasteiger partial charge is 0.355 e. The Morgan fingerprint density at radius 2 is 1.40 bits per heavy atom. The van der Waals surface area contributed by atoms with E-state index in [1.165, 1.54) is 24.5 Å². The van der Waals surface area contributed by atoms with Crippen LogP contribution in [-0.4, -0.2) is 78.0 Å². The Labute approximate surface area is 302 Å². The molecule has 0 saturated carbocycles. The highest BCUT2D eigenvalue weighted by molar-refractivity contribution is 5.98. The maximum absolute atomic E-state index is 14.1. The van der Waals surface area contributed by atoms with Gasteiger partial charge in [-0.05, 0) is 56.2 Å². The van der Waals surface area contributed by atoms with Crippen LogP contribution in [0, 0.1) is 29.3 Å². The molecule has 2 aromatic rings. The molecule has 16 heteroatoms. The van der Waals surface area contributed by atoms with Crippen LogP contribution < -0.4 is 36.6 Å². The minimum atomic E-state index is -1.64. The SMILES string of the molecule is CCC[C@H](NC(=O)[C@@H](NC(=O)c1cc[n+](O)cc1)[C@@H](C)CC)C(=O)N[C@H](CN[C@@H](C)C(=O)N[C@H](C(=O)NCC)C(C)C)Cc1cc(F)c(F)c(F)c1. The summed E-state index contributed by atoms with van der Waals surface area (Å²) in [5, 5.41) is 26.1. The molecular formula is C36H53F3N7O6+. The fourth-order valence-corrected chi connectivity index (χ4v) is 5.31. The second-order valence-corrected chi connectivity index (χ2v) is 13.2. The minimum Gasteiger partial charge on any atom is -0.355 e. The number of aromatic nitrogens is 1. The summed E-state index contributed by atoms with van der Waals surface area (Å²) >= 11 is 0. The molecule has 0 radical (unpaired) electrons. The van der Waals surface area contributed by atoms with Crippen molar-refractivity contribution in [3.63, 3.8) is 0 Å². The van der Waals surface area contributed by atoms with E-state index in [0.29, 0.717) is 19.4 Å². The summed E-state index contributed by atoms with van der Waals surface area (Å²) in [5.41, 5.74) is 0.227. The number of halogens is 3. The Morgan fingerprint density at radius 3 is 1.94 bits per heavy atom. The molecule has 0 aliphatic heterocycles. The Kier molecular flexibility index (Phi) is 17.5. The van der Waals surface area contributed by atoms with Gasteiger partial charge in [0.25, 0.3) is 5.91 Å². The van der Waals surface area contributed by atoms with Crippen molar-refractivity contribution in [1.82, 2.24) is 31.9 Å². The number of carbonyl (C=O) groups is 5. The fourth-order valence-electron chi connectivity index (χ4n) is 5.31. The average Bonchev–Trinajstić information content (AvgIpc) is 3.09. The predicted molar refractivity (Wildman–Crippen MR) is 186 cm³/mol. The van der Waals surface area contributed by atoms with E-state index in [4.69, 9.17) is 0 Å². The lowest BCUT2D eigenvalue weighted by molar-refractivity contribution is -0.904. The monoisotopic (exact) mass is 736 g/mol. The van der Waals surface area contributed by atoms with Crippen molar-refractivity contribution in [3.05, 3.63) is 65.2 Å². The molecule has 1 aromatic carbocycles. The summed E-state index contributed by atoms with van der Waals surface area (Å²) in [5.74, 6) is -7.68. The van der Waals surface area contributed by atoms with Gasteiger partial charge in [0.1, 0.15) is 18.1 Å². The van der Waals surface area contributed by atoms with Gasteiger partial charge in [-0.1, -0.05) is 47.5 Å². The number of likely N-dealkylation sites (N-methyl/N-ethyl adjacent to an activating group) is 1. The van der Waals surface area contributed by atoms with Gasteiger partial charge < -0.3 is 31.9 Å². The van der Waals surface area contributed by atoms with Crippen molar-refractivity contribution >= 4 is 29.5 Å². The fraction of sp³-hybridized carbons (Fsp3) is 0.556. The van der Waals surface area contributed by atoms with Gasteiger partial charge in [0.05, 0.1) is 11.6 Å². The quantitative estimate of drug-likeness (QED) is 0.0617. The molecule has 1 aromatic heterocycles. The van der Waals surface area contributed by atoms with Crippen molar-refractivity contribution in [3.8, 4) is 0 Å². The van der Waals surface area contributed by atoms with E-state index in [1.54, 1.807) is 41.5 Å². The zero-order valence-electron chi connectivity index (χ0n) is 30.8. The Hall–Kier alpha value is -4.73. The van der Waals surface area contributed by atoms with Crippen LogP contribution in [0.2, 0.25) is 0 Å². The molecular weight excluding hydrogens is 683 g/mol. The first kappa shape index (κ1) is 43.4. The van der Waals surface area contributed by atoms with Crippen LogP contribution in [0.5, 0.6) is 0 Å². The average molecular weight is 737 g/mol. The summed E-state index contributed by atoms with van der Waals surface area (Å²) in [4.78, 5) is 65.8. The van der Waals surface area contributed by atoms with Crippen LogP contribution in [0.1, 0.15) is 83.7 Å². The molecule has 5 amide bonds. The van der Waals surface area contributed by atoms with Crippen LogP contribution in [0.25, 0.3) is 0 Å². The second-order valence-electron chi connectivity index (χ2n) is 13.2. The van der Waals surface area contributed by atoms with Crippen LogP contribution in [0.4, 0.5) is 13.2 Å². The standard InChI is InChI=1S/C36H52F3N7O6/c1-8-11-28(43-36(51)31(21(6)9-2)45-33(48)24-12-14-46(52)15-13-24)34(49)42-25(16-23-17-26(37)29(39)27(38)18-23)19-41-22(7)32(47)44-30(20(4)5)35(50)40-10-3/h12-15,17-18,20-22,25,28,30-31,41H,8-11,16,19H2,1-7H3,(H5-,40,42,43,44,45,47,48,49,50,51,52)/p+1/t21-,22-,25-,28-,30-,31-/m0/s1. The number of carbonyl (C=O) groups excluding carboxylic acids is 5. The van der Waals surface area contributed by atoms with Gasteiger partial charge in [-0.2, -0.15) is 0 Å². The first-order valence-corrected chi connectivity index (χ1v) is 17.6. The zero-order chi connectivity index (χ0) is 39.1. The van der Waals surface area contributed by atoms with Crippen LogP contribution in [0.15, 0.2) is 36.7 Å². The molecule has 0 bridgehead atoms. The van der Waals surface area contributed by atoms with Crippen LogP contribution in [0.3, 0.4) is 0 Å². The number of amides is 5. The number of nitrogens with one attached hydrogen (secondary N) is 6. The third-order valence-corrected chi connectivity index (χ3v) is 8.60. The Morgan fingerprint density at radius 1 is 0.788 bits per heavy atom. The van der Waals surface area contributed by atoms with Gasteiger partial charge in [-0.15, -0.1) is 0 Å². The maximum Gasteiger partial charge on any atom is 0.252 e. The lowest BCUT2D eigenvalue weighted by Gasteiger charge is -2.28. The van der Waals surface area contributed by atoms with Gasteiger partial charge in [0, 0.05) is 36.0 Å². The molecule has 0 aliphatic carbocycles. The molecule has 0 unspecified atom stereocenters. The molecule has 0 saturated heterocycles. The number of rotatable bonds is 20. The zero-order valence-corrected chi connectivity index (χ0v) is 30.8. The normalized spacial score (nSPS) is 14.7. The number of benzene rings is 1. The van der Waals surface area contributed by atoms with Crippen LogP contribution >= 0.6 is 0 Å². The van der Waals surface area contributed by atoms with Gasteiger partial charge in [-0.3, -0.25) is 29.2 Å². The molecule has 1 heterocycles. The summed E-state index contributed by atoms with van der Waals surface area (Å²) < 4.78 is 42.8. The van der Waals surface area contributed by atoms with Crippen molar-refractivity contribution in [2.75, 3.05) is 13.1 Å². The second kappa shape index (κ2) is 21.0. The number of hydrogen-bond acceptors (Lipinski definition) is 7. The minimum absolute atomic E-state index is 0.0277. The molecule has 13 nitrogen and oxygen atoms in total. The molecule has 2 rings (SSSR count). The highest BCUT2D eigenvalue weighted by Gasteiger charge is 2.32. The van der Waals surface area contributed by atoms with Crippen LogP contribution in [-0.2, 0) is 25.6 Å². The molecule has 7 N–H and O–H groups in total. The van der Waals surface area contributed by atoms with Gasteiger partial charge in [0.15, 0.2) is 17.5 Å². The lowest BCUT2D eigenvalue weighted by atomic mass is 9.97. The van der Waals surface area contributed by atoms with Crippen molar-refractivity contribution in [2.45, 2.75) is 104 Å². The lowest BCUT2D eigenvalue weighted by Crippen LogP contribution is -2.58. The number of nitrogens with zero attached hydrogens (tertiary/aromatic N) is 1. The first-order valence-electron chi connectivity index (χ1n) is 17.6. The smallest absolute Gasteiger partial charge is 0.252 e. The molecule has 288 valence electrons. The predicted octanol–water partition coefficient (Wildman–Crippen LogP) is 2.04. The molecule has 0 spiro atoms. The Balaban J connectivity index is 2.28. The highest BCUT2D eigenvalue weighted by Crippen LogP contribution is 2.16. The summed E-state index contributed by atoms with van der Waals surface area (Å²) in [6, 6.07) is -0.341. The third-order valence-electron chi connectivity index (χ3n) is 8.60. The van der Waals surface area contributed by atoms with E-state index < -0.39 is 71.3 Å². The van der Waals surface area contributed by atoms with Crippen molar-refractivity contribution in [2.24, 2.45) is 11.8 Å². The molecule has 6 atom stereocenters. The first-order chi connectivity index (χ1) is 24.5. The molecule has 52 heavy (non-hydrogen) atoms. The van der Waals surface area contributed by atoms with E-state index in [9.17, 15) is 42.4 Å². The molecule has 0 fully saturated rings.